The van der Waals surface area contributed by atoms with E-state index in [9.17, 15) is 0 Å². The van der Waals surface area contributed by atoms with E-state index in [-0.39, 0.29) is 0 Å². The van der Waals surface area contributed by atoms with Crippen LogP contribution in [-0.2, 0) is 6.54 Å². The second kappa shape index (κ2) is 8.31. The molecule has 1 N–H and O–H groups in total. The molecule has 1 aliphatic rings. The molecule has 1 saturated carbocycles. The standard InChI is InChI=1S/C22H29N/c1-18(23-17-20-8-4-2-5-9-20)16-19-12-14-22(15-13-19)21-10-6-3-7-11-21/h2-11,18-19,22-23H,12-17H2,1H3. The van der Waals surface area contributed by atoms with E-state index in [2.05, 4.69) is 72.9 Å². The Morgan fingerprint density at radius 1 is 0.870 bits per heavy atom. The first-order valence-corrected chi connectivity index (χ1v) is 9.13. The molecule has 1 atom stereocenters. The first-order valence-electron chi connectivity index (χ1n) is 9.13. The fourth-order valence-electron chi connectivity index (χ4n) is 3.93. The predicted octanol–water partition coefficient (Wildman–Crippen LogP) is 5.53. The van der Waals surface area contributed by atoms with E-state index >= 15 is 0 Å². The van der Waals surface area contributed by atoms with Gasteiger partial charge < -0.3 is 5.32 Å². The molecule has 0 heterocycles. The molecule has 1 heteroatoms. The van der Waals surface area contributed by atoms with Crippen molar-refractivity contribution in [2.75, 3.05) is 0 Å². The highest BCUT2D eigenvalue weighted by atomic mass is 14.9. The van der Waals surface area contributed by atoms with Crippen LogP contribution >= 0.6 is 0 Å². The third-order valence-electron chi connectivity index (χ3n) is 5.30. The van der Waals surface area contributed by atoms with Gasteiger partial charge in [0.1, 0.15) is 0 Å². The van der Waals surface area contributed by atoms with Gasteiger partial charge in [-0.2, -0.15) is 0 Å². The van der Waals surface area contributed by atoms with Crippen molar-refractivity contribution < 1.29 is 0 Å². The van der Waals surface area contributed by atoms with Crippen LogP contribution < -0.4 is 5.32 Å². The Kier molecular flexibility index (Phi) is 5.87. The molecule has 122 valence electrons. The van der Waals surface area contributed by atoms with Crippen LogP contribution in [-0.4, -0.2) is 6.04 Å². The van der Waals surface area contributed by atoms with Gasteiger partial charge in [-0.1, -0.05) is 60.7 Å². The van der Waals surface area contributed by atoms with E-state index in [0.29, 0.717) is 6.04 Å². The van der Waals surface area contributed by atoms with Crippen molar-refractivity contribution >= 4 is 0 Å². The van der Waals surface area contributed by atoms with Gasteiger partial charge in [0.25, 0.3) is 0 Å². The molecule has 1 unspecified atom stereocenters. The maximum absolute atomic E-state index is 3.69. The molecule has 23 heavy (non-hydrogen) atoms. The average Bonchev–Trinajstić information content (AvgIpc) is 2.62. The maximum atomic E-state index is 3.69. The number of nitrogens with one attached hydrogen (secondary N) is 1. The fourth-order valence-corrected chi connectivity index (χ4v) is 3.93. The fraction of sp³-hybridized carbons (Fsp3) is 0.455. The monoisotopic (exact) mass is 307 g/mol. The lowest BCUT2D eigenvalue weighted by molar-refractivity contribution is 0.283. The molecule has 1 nitrogen and oxygen atoms in total. The molecule has 0 bridgehead atoms. The zero-order valence-electron chi connectivity index (χ0n) is 14.2. The van der Waals surface area contributed by atoms with Gasteiger partial charge in [0.05, 0.1) is 0 Å². The lowest BCUT2D eigenvalue weighted by Crippen LogP contribution is -2.29. The van der Waals surface area contributed by atoms with E-state index in [0.717, 1.165) is 18.4 Å². The third kappa shape index (κ3) is 4.94. The van der Waals surface area contributed by atoms with E-state index in [1.54, 1.807) is 5.56 Å². The Morgan fingerprint density at radius 3 is 2.13 bits per heavy atom. The van der Waals surface area contributed by atoms with Gasteiger partial charge in [-0.3, -0.25) is 0 Å². The van der Waals surface area contributed by atoms with Gasteiger partial charge in [-0.05, 0) is 62.0 Å². The molecule has 0 radical (unpaired) electrons. The molecular weight excluding hydrogens is 278 g/mol. The molecule has 0 aliphatic heterocycles. The summed E-state index contributed by atoms with van der Waals surface area (Å²) in [4.78, 5) is 0. The summed E-state index contributed by atoms with van der Waals surface area (Å²) in [5.41, 5.74) is 2.92. The van der Waals surface area contributed by atoms with Crippen LogP contribution in [0.15, 0.2) is 60.7 Å². The lowest BCUT2D eigenvalue weighted by Gasteiger charge is -2.30. The van der Waals surface area contributed by atoms with Crippen LogP contribution in [0.4, 0.5) is 0 Å². The summed E-state index contributed by atoms with van der Waals surface area (Å²) in [7, 11) is 0. The summed E-state index contributed by atoms with van der Waals surface area (Å²) < 4.78 is 0. The van der Waals surface area contributed by atoms with Gasteiger partial charge >= 0.3 is 0 Å². The van der Waals surface area contributed by atoms with Crippen molar-refractivity contribution in [1.29, 1.82) is 0 Å². The summed E-state index contributed by atoms with van der Waals surface area (Å²) >= 11 is 0. The number of hydrogen-bond donors (Lipinski definition) is 1. The maximum Gasteiger partial charge on any atom is 0.0207 e. The predicted molar refractivity (Wildman–Crippen MR) is 98.5 cm³/mol. The van der Waals surface area contributed by atoms with Crippen LogP contribution in [0.25, 0.3) is 0 Å². The van der Waals surface area contributed by atoms with Crippen LogP contribution in [0.5, 0.6) is 0 Å². The normalized spacial score (nSPS) is 22.7. The summed E-state index contributed by atoms with van der Waals surface area (Å²) in [5, 5.41) is 3.69. The van der Waals surface area contributed by atoms with Crippen molar-refractivity contribution in [2.45, 2.75) is 57.5 Å². The van der Waals surface area contributed by atoms with Crippen LogP contribution in [0, 0.1) is 5.92 Å². The highest BCUT2D eigenvalue weighted by molar-refractivity contribution is 5.20. The number of hydrogen-bond acceptors (Lipinski definition) is 1. The Balaban J connectivity index is 1.40. The van der Waals surface area contributed by atoms with E-state index in [1.807, 2.05) is 0 Å². The molecule has 1 fully saturated rings. The second-order valence-electron chi connectivity index (χ2n) is 7.13. The minimum Gasteiger partial charge on any atom is -0.310 e. The van der Waals surface area contributed by atoms with Gasteiger partial charge in [-0.15, -0.1) is 0 Å². The largest absolute Gasteiger partial charge is 0.310 e. The van der Waals surface area contributed by atoms with Crippen molar-refractivity contribution in [1.82, 2.24) is 5.32 Å². The highest BCUT2D eigenvalue weighted by Crippen LogP contribution is 2.37. The smallest absolute Gasteiger partial charge is 0.0207 e. The zero-order valence-corrected chi connectivity index (χ0v) is 14.2. The van der Waals surface area contributed by atoms with Gasteiger partial charge in [0, 0.05) is 12.6 Å². The van der Waals surface area contributed by atoms with E-state index < -0.39 is 0 Å². The molecule has 0 saturated heterocycles. The minimum atomic E-state index is 0.605. The highest BCUT2D eigenvalue weighted by Gasteiger charge is 2.23. The lowest BCUT2D eigenvalue weighted by atomic mass is 9.77. The quantitative estimate of drug-likeness (QED) is 0.740. The first-order chi connectivity index (χ1) is 11.3. The van der Waals surface area contributed by atoms with Crippen molar-refractivity contribution in [2.24, 2.45) is 5.92 Å². The molecule has 3 rings (SSSR count). The van der Waals surface area contributed by atoms with Gasteiger partial charge in [0.2, 0.25) is 0 Å². The van der Waals surface area contributed by atoms with Gasteiger partial charge in [-0.25, -0.2) is 0 Å². The first kappa shape index (κ1) is 16.3. The summed E-state index contributed by atoms with van der Waals surface area (Å²) in [5.74, 6) is 1.69. The Hall–Kier alpha value is -1.60. The molecule has 2 aromatic rings. The number of benzene rings is 2. The van der Waals surface area contributed by atoms with Crippen LogP contribution in [0.3, 0.4) is 0 Å². The van der Waals surface area contributed by atoms with Crippen molar-refractivity contribution in [3.05, 3.63) is 71.8 Å². The Morgan fingerprint density at radius 2 is 1.48 bits per heavy atom. The van der Waals surface area contributed by atoms with E-state index in [1.165, 1.54) is 37.7 Å². The molecule has 0 amide bonds. The SMILES string of the molecule is CC(CC1CCC(c2ccccc2)CC1)NCc1ccccc1. The van der Waals surface area contributed by atoms with Crippen molar-refractivity contribution in [3.63, 3.8) is 0 Å². The van der Waals surface area contributed by atoms with Gasteiger partial charge in [0.15, 0.2) is 0 Å². The van der Waals surface area contributed by atoms with Crippen molar-refractivity contribution in [3.8, 4) is 0 Å². The molecular formula is C22H29N. The number of rotatable bonds is 6. The molecule has 0 spiro atoms. The second-order valence-corrected chi connectivity index (χ2v) is 7.13. The summed E-state index contributed by atoms with van der Waals surface area (Å²) in [6.45, 7) is 3.33. The van der Waals surface area contributed by atoms with Crippen LogP contribution in [0.2, 0.25) is 0 Å². The van der Waals surface area contributed by atoms with E-state index in [4.69, 9.17) is 0 Å². The Bertz CT molecular complexity index is 555. The summed E-state index contributed by atoms with van der Waals surface area (Å²) in [6, 6.07) is 22.4. The minimum absolute atomic E-state index is 0.605. The zero-order chi connectivity index (χ0) is 15.9. The molecule has 0 aromatic heterocycles. The van der Waals surface area contributed by atoms with Crippen LogP contribution in [0.1, 0.15) is 56.1 Å². The topological polar surface area (TPSA) is 12.0 Å². The molecule has 2 aromatic carbocycles. The summed E-state index contributed by atoms with van der Waals surface area (Å²) in [6.07, 6.45) is 6.81. The third-order valence-corrected chi connectivity index (χ3v) is 5.30. The average molecular weight is 307 g/mol. The molecule has 1 aliphatic carbocycles. The Labute approximate surface area is 141 Å².